The minimum absolute atomic E-state index is 0.0524. The molecule has 0 aromatic heterocycles. The molecule has 0 spiro atoms. The van der Waals surface area contributed by atoms with Gasteiger partial charge in [-0.15, -0.1) is 0 Å². The average molecular weight is 232 g/mol. The Morgan fingerprint density at radius 3 is 2.71 bits per heavy atom. The summed E-state index contributed by atoms with van der Waals surface area (Å²) in [4.78, 5) is 2.49. The number of benzene rings is 1. The molecule has 1 atom stereocenters. The molecule has 1 aliphatic heterocycles. The van der Waals surface area contributed by atoms with Gasteiger partial charge in [-0.25, -0.2) is 0 Å². The first-order valence-electron chi connectivity index (χ1n) is 6.53. The first kappa shape index (κ1) is 12.4. The van der Waals surface area contributed by atoms with Crippen molar-refractivity contribution < 1.29 is 0 Å². The van der Waals surface area contributed by atoms with Crippen LogP contribution in [0, 0.1) is 13.8 Å². The highest BCUT2D eigenvalue weighted by atomic mass is 15.2. The van der Waals surface area contributed by atoms with Crippen LogP contribution >= 0.6 is 0 Å². The molecule has 1 fully saturated rings. The number of aryl methyl sites for hydroxylation is 2. The van der Waals surface area contributed by atoms with Gasteiger partial charge in [-0.3, -0.25) is 0 Å². The van der Waals surface area contributed by atoms with Gasteiger partial charge in [0.05, 0.1) is 0 Å². The third-order valence-electron chi connectivity index (χ3n) is 4.16. The SMILES string of the molecule is Cc1ccc(C)c(N2CCCC(N)C2(C)C)c1. The van der Waals surface area contributed by atoms with Crippen LogP contribution in [0.2, 0.25) is 0 Å². The lowest BCUT2D eigenvalue weighted by Crippen LogP contribution is -2.60. The van der Waals surface area contributed by atoms with Gasteiger partial charge in [-0.05, 0) is 57.7 Å². The zero-order chi connectivity index (χ0) is 12.6. The third-order valence-corrected chi connectivity index (χ3v) is 4.16. The molecular formula is C15H24N2. The van der Waals surface area contributed by atoms with Gasteiger partial charge in [0.2, 0.25) is 0 Å². The lowest BCUT2D eigenvalue weighted by Gasteiger charge is -2.48. The molecular weight excluding hydrogens is 208 g/mol. The standard InChI is InChI=1S/C15H24N2/c1-11-7-8-12(2)13(10-11)17-9-5-6-14(16)15(17,3)4/h7-8,10,14H,5-6,9,16H2,1-4H3. The summed E-state index contributed by atoms with van der Waals surface area (Å²) >= 11 is 0. The van der Waals surface area contributed by atoms with Gasteiger partial charge in [-0.1, -0.05) is 12.1 Å². The van der Waals surface area contributed by atoms with Gasteiger partial charge in [0, 0.05) is 23.8 Å². The fraction of sp³-hybridized carbons (Fsp3) is 0.600. The van der Waals surface area contributed by atoms with E-state index >= 15 is 0 Å². The normalized spacial score (nSPS) is 23.8. The van der Waals surface area contributed by atoms with Crippen molar-refractivity contribution in [2.24, 2.45) is 5.73 Å². The second-order valence-electron chi connectivity index (χ2n) is 5.84. The minimum atomic E-state index is 0.0524. The molecule has 1 heterocycles. The Bertz CT molecular complexity index is 409. The molecule has 94 valence electrons. The smallest absolute Gasteiger partial charge is 0.0496 e. The van der Waals surface area contributed by atoms with E-state index in [1.807, 2.05) is 0 Å². The Hall–Kier alpha value is -1.02. The van der Waals surface area contributed by atoms with E-state index in [-0.39, 0.29) is 11.6 Å². The van der Waals surface area contributed by atoms with E-state index in [4.69, 9.17) is 5.73 Å². The highest BCUT2D eigenvalue weighted by molar-refractivity contribution is 5.57. The lowest BCUT2D eigenvalue weighted by molar-refractivity contribution is 0.309. The van der Waals surface area contributed by atoms with Gasteiger partial charge in [0.25, 0.3) is 0 Å². The van der Waals surface area contributed by atoms with Crippen molar-refractivity contribution in [2.45, 2.75) is 52.1 Å². The van der Waals surface area contributed by atoms with Crippen LogP contribution in [0.1, 0.15) is 37.8 Å². The maximum absolute atomic E-state index is 6.29. The molecule has 1 unspecified atom stereocenters. The number of nitrogens with two attached hydrogens (primary N) is 1. The van der Waals surface area contributed by atoms with Crippen LogP contribution in [-0.4, -0.2) is 18.1 Å². The maximum Gasteiger partial charge on any atom is 0.0496 e. The van der Waals surface area contributed by atoms with Gasteiger partial charge in [0.1, 0.15) is 0 Å². The largest absolute Gasteiger partial charge is 0.365 e. The molecule has 1 aromatic rings. The predicted octanol–water partition coefficient (Wildman–Crippen LogP) is 3.01. The molecule has 0 radical (unpaired) electrons. The van der Waals surface area contributed by atoms with E-state index in [9.17, 15) is 0 Å². The highest BCUT2D eigenvalue weighted by Gasteiger charge is 2.36. The monoisotopic (exact) mass is 232 g/mol. The maximum atomic E-state index is 6.29. The number of hydrogen-bond acceptors (Lipinski definition) is 2. The fourth-order valence-corrected chi connectivity index (χ4v) is 2.75. The fourth-order valence-electron chi connectivity index (χ4n) is 2.75. The molecule has 0 amide bonds. The van der Waals surface area contributed by atoms with Crippen LogP contribution < -0.4 is 10.6 Å². The molecule has 1 saturated heterocycles. The Morgan fingerprint density at radius 2 is 2.00 bits per heavy atom. The molecule has 0 saturated carbocycles. The van der Waals surface area contributed by atoms with Crippen LogP contribution in [-0.2, 0) is 0 Å². The predicted molar refractivity (Wildman–Crippen MR) is 74.6 cm³/mol. The number of anilines is 1. The molecule has 1 aliphatic rings. The van der Waals surface area contributed by atoms with Crippen molar-refractivity contribution in [3.8, 4) is 0 Å². The van der Waals surface area contributed by atoms with Crippen molar-refractivity contribution in [3.05, 3.63) is 29.3 Å². The summed E-state index contributed by atoms with van der Waals surface area (Å²) in [6.45, 7) is 9.98. The highest BCUT2D eigenvalue weighted by Crippen LogP contribution is 2.34. The van der Waals surface area contributed by atoms with Crippen LogP contribution in [0.5, 0.6) is 0 Å². The van der Waals surface area contributed by atoms with Crippen molar-refractivity contribution in [3.63, 3.8) is 0 Å². The van der Waals surface area contributed by atoms with E-state index in [0.717, 1.165) is 13.0 Å². The summed E-state index contributed by atoms with van der Waals surface area (Å²) in [5.74, 6) is 0. The molecule has 2 rings (SSSR count). The van der Waals surface area contributed by atoms with E-state index in [1.54, 1.807) is 0 Å². The zero-order valence-electron chi connectivity index (χ0n) is 11.5. The summed E-state index contributed by atoms with van der Waals surface area (Å²) in [6.07, 6.45) is 2.33. The number of rotatable bonds is 1. The van der Waals surface area contributed by atoms with Crippen molar-refractivity contribution in [2.75, 3.05) is 11.4 Å². The summed E-state index contributed by atoms with van der Waals surface area (Å²) in [5, 5.41) is 0. The van der Waals surface area contributed by atoms with Crippen molar-refractivity contribution in [1.82, 2.24) is 0 Å². The van der Waals surface area contributed by atoms with Crippen LogP contribution in [0.15, 0.2) is 18.2 Å². The molecule has 2 nitrogen and oxygen atoms in total. The zero-order valence-corrected chi connectivity index (χ0v) is 11.5. The summed E-state index contributed by atoms with van der Waals surface area (Å²) < 4.78 is 0. The van der Waals surface area contributed by atoms with Gasteiger partial charge < -0.3 is 10.6 Å². The molecule has 0 aliphatic carbocycles. The lowest BCUT2D eigenvalue weighted by atomic mass is 9.84. The topological polar surface area (TPSA) is 29.3 Å². The van der Waals surface area contributed by atoms with E-state index < -0.39 is 0 Å². The summed E-state index contributed by atoms with van der Waals surface area (Å²) in [5.41, 5.74) is 10.4. The number of nitrogens with zero attached hydrogens (tertiary/aromatic N) is 1. The Labute approximate surface area is 105 Å². The van der Waals surface area contributed by atoms with Crippen LogP contribution in [0.25, 0.3) is 0 Å². The molecule has 0 bridgehead atoms. The quantitative estimate of drug-likeness (QED) is 0.806. The van der Waals surface area contributed by atoms with Gasteiger partial charge in [0.15, 0.2) is 0 Å². The van der Waals surface area contributed by atoms with E-state index in [2.05, 4.69) is 50.8 Å². The molecule has 1 aromatic carbocycles. The number of hydrogen-bond donors (Lipinski definition) is 1. The van der Waals surface area contributed by atoms with Crippen LogP contribution in [0.3, 0.4) is 0 Å². The second-order valence-corrected chi connectivity index (χ2v) is 5.84. The van der Waals surface area contributed by atoms with E-state index in [0.29, 0.717) is 0 Å². The molecule has 2 heteroatoms. The first-order valence-corrected chi connectivity index (χ1v) is 6.53. The Balaban J connectivity index is 2.41. The second kappa shape index (κ2) is 4.34. The Kier molecular flexibility index (Phi) is 3.17. The average Bonchev–Trinajstić information content (AvgIpc) is 2.26. The van der Waals surface area contributed by atoms with Crippen molar-refractivity contribution >= 4 is 5.69 Å². The third kappa shape index (κ3) is 2.19. The molecule has 2 N–H and O–H groups in total. The van der Waals surface area contributed by atoms with Gasteiger partial charge >= 0.3 is 0 Å². The molecule has 17 heavy (non-hydrogen) atoms. The first-order chi connectivity index (χ1) is 7.93. The summed E-state index contributed by atoms with van der Waals surface area (Å²) in [7, 11) is 0. The minimum Gasteiger partial charge on any atom is -0.365 e. The van der Waals surface area contributed by atoms with E-state index in [1.165, 1.54) is 23.2 Å². The van der Waals surface area contributed by atoms with Gasteiger partial charge in [-0.2, -0.15) is 0 Å². The Morgan fingerprint density at radius 1 is 1.29 bits per heavy atom. The van der Waals surface area contributed by atoms with Crippen LogP contribution in [0.4, 0.5) is 5.69 Å². The van der Waals surface area contributed by atoms with Crippen molar-refractivity contribution in [1.29, 1.82) is 0 Å². The summed E-state index contributed by atoms with van der Waals surface area (Å²) in [6, 6.07) is 6.93. The number of piperidine rings is 1.